The van der Waals surface area contributed by atoms with Crippen LogP contribution in [0.25, 0.3) is 0 Å². The molecule has 2 aliphatic rings. The molecular formula is C19H28B2. The maximum atomic E-state index is 2.40. The van der Waals surface area contributed by atoms with E-state index in [9.17, 15) is 0 Å². The maximum Gasteiger partial charge on any atom is 0.154 e. The average molecular weight is 278 g/mol. The highest BCUT2D eigenvalue weighted by molar-refractivity contribution is 6.49. The van der Waals surface area contributed by atoms with E-state index in [4.69, 9.17) is 0 Å². The Bertz CT molecular complexity index is 533. The molecule has 0 nitrogen and oxygen atoms in total. The Morgan fingerprint density at radius 3 is 1.33 bits per heavy atom. The lowest BCUT2D eigenvalue weighted by atomic mass is 9.50. The van der Waals surface area contributed by atoms with Crippen molar-refractivity contribution in [3.63, 3.8) is 0 Å². The maximum absolute atomic E-state index is 2.40. The first-order valence-electron chi connectivity index (χ1n) is 8.18. The second-order valence-electron chi connectivity index (χ2n) is 7.03. The molecule has 21 heavy (non-hydrogen) atoms. The lowest BCUT2D eigenvalue weighted by Crippen LogP contribution is -2.17. The van der Waals surface area contributed by atoms with E-state index in [0.29, 0.717) is 11.6 Å². The Morgan fingerprint density at radius 2 is 1.00 bits per heavy atom. The Kier molecular flexibility index (Phi) is 4.76. The quantitative estimate of drug-likeness (QED) is 0.572. The molecular weight excluding hydrogens is 250 g/mol. The number of hydrogen-bond acceptors (Lipinski definition) is 0. The first-order valence-corrected chi connectivity index (χ1v) is 8.18. The van der Waals surface area contributed by atoms with Gasteiger partial charge < -0.3 is 0 Å². The fourth-order valence-corrected chi connectivity index (χ4v) is 3.59. The highest BCUT2D eigenvalue weighted by atomic mass is 14.2. The Hall–Kier alpha value is -0.910. The first kappa shape index (κ1) is 16.5. The van der Waals surface area contributed by atoms with Gasteiger partial charge in [0.15, 0.2) is 14.6 Å². The van der Waals surface area contributed by atoms with Crippen LogP contribution in [0.2, 0.25) is 11.6 Å². The van der Waals surface area contributed by atoms with E-state index < -0.39 is 0 Å². The van der Waals surface area contributed by atoms with Gasteiger partial charge in [-0.15, -0.1) is 10.9 Å². The molecule has 0 fully saturated rings. The molecule has 0 saturated heterocycles. The van der Waals surface area contributed by atoms with E-state index in [1.165, 1.54) is 22.1 Å². The zero-order valence-electron chi connectivity index (χ0n) is 15.0. The molecule has 0 spiro atoms. The van der Waals surface area contributed by atoms with Crippen LogP contribution in [0.5, 0.6) is 0 Å². The molecule has 0 aromatic rings. The fourth-order valence-electron chi connectivity index (χ4n) is 3.59. The van der Waals surface area contributed by atoms with Crippen molar-refractivity contribution in [3.05, 3.63) is 44.4 Å². The normalized spacial score (nSPS) is 27.2. The summed E-state index contributed by atoms with van der Waals surface area (Å²) < 4.78 is 0. The summed E-state index contributed by atoms with van der Waals surface area (Å²) >= 11 is 0. The van der Waals surface area contributed by atoms with Crippen molar-refractivity contribution in [1.29, 1.82) is 0 Å². The van der Waals surface area contributed by atoms with Crippen molar-refractivity contribution in [1.82, 2.24) is 0 Å². The third-order valence-electron chi connectivity index (χ3n) is 5.76. The van der Waals surface area contributed by atoms with E-state index >= 15 is 0 Å². The van der Waals surface area contributed by atoms with Gasteiger partial charge in [-0.2, -0.15) is 0 Å². The van der Waals surface area contributed by atoms with Crippen LogP contribution in [0.3, 0.4) is 0 Å². The van der Waals surface area contributed by atoms with Gasteiger partial charge in [-0.25, -0.2) is 0 Å². The molecule has 0 saturated carbocycles. The van der Waals surface area contributed by atoms with Crippen LogP contribution in [-0.4, -0.2) is 14.6 Å². The van der Waals surface area contributed by atoms with Gasteiger partial charge in [0.25, 0.3) is 0 Å². The molecule has 110 valence electrons. The predicted octanol–water partition coefficient (Wildman–Crippen LogP) is 5.65. The molecule has 2 heterocycles. The fraction of sp³-hybridized carbons (Fsp3) is 0.579. The molecule has 0 N–H and O–H groups in total. The van der Waals surface area contributed by atoms with Crippen LogP contribution in [0.1, 0.15) is 61.8 Å². The monoisotopic (exact) mass is 278 g/mol. The van der Waals surface area contributed by atoms with Gasteiger partial charge in [-0.3, -0.25) is 0 Å². The minimum Gasteiger partial charge on any atom is -0.108 e. The summed E-state index contributed by atoms with van der Waals surface area (Å²) in [4.78, 5) is 0. The van der Waals surface area contributed by atoms with E-state index in [1.54, 1.807) is 22.3 Å². The van der Waals surface area contributed by atoms with Crippen LogP contribution in [0, 0.1) is 0 Å². The third kappa shape index (κ3) is 3.00. The molecule has 0 bridgehead atoms. The standard InChI is InChI=1S/C19H28B2/c1-10-14(5)20-15(6)11(2)18(10)9-19-12(3)16(7)21-17(8)13(19)4/h14,16H,9H2,1-8H3. The second-order valence-corrected chi connectivity index (χ2v) is 7.03. The molecule has 2 atom stereocenters. The SMILES string of the molecule is CC1=C(C)C(CC2=C(C)C(C)[B]C(C)=C2C)=C(C)C(C)[B]1. The molecule has 0 aromatic carbocycles. The zero-order valence-corrected chi connectivity index (χ0v) is 15.0. The molecule has 2 rings (SSSR count). The molecule has 0 amide bonds. The van der Waals surface area contributed by atoms with Crippen molar-refractivity contribution in [2.24, 2.45) is 0 Å². The third-order valence-corrected chi connectivity index (χ3v) is 5.76. The van der Waals surface area contributed by atoms with Gasteiger partial charge in [0.05, 0.1) is 0 Å². The minimum atomic E-state index is 0.572. The topological polar surface area (TPSA) is 0 Å². The largest absolute Gasteiger partial charge is 0.154 e. The molecule has 2 unspecified atom stereocenters. The van der Waals surface area contributed by atoms with Gasteiger partial charge in [-0.1, -0.05) is 50.0 Å². The van der Waals surface area contributed by atoms with Crippen molar-refractivity contribution < 1.29 is 0 Å². The summed E-state index contributed by atoms with van der Waals surface area (Å²) in [5, 5.41) is 0. The van der Waals surface area contributed by atoms with E-state index in [0.717, 1.165) is 6.42 Å². The molecule has 2 heteroatoms. The highest BCUT2D eigenvalue weighted by Gasteiger charge is 2.25. The summed E-state index contributed by atoms with van der Waals surface area (Å²) in [6.07, 6.45) is 1.10. The summed E-state index contributed by atoms with van der Waals surface area (Å²) in [7, 11) is 4.81. The van der Waals surface area contributed by atoms with E-state index in [2.05, 4.69) is 69.9 Å². The van der Waals surface area contributed by atoms with Gasteiger partial charge in [-0.05, 0) is 56.9 Å². The van der Waals surface area contributed by atoms with Crippen molar-refractivity contribution in [2.45, 2.75) is 73.4 Å². The summed E-state index contributed by atoms with van der Waals surface area (Å²) in [6, 6.07) is 0. The molecule has 0 aromatic heterocycles. The Balaban J connectivity index is 2.45. The van der Waals surface area contributed by atoms with Crippen LogP contribution >= 0.6 is 0 Å². The summed E-state index contributed by atoms with van der Waals surface area (Å²) in [5.74, 6) is 1.14. The lowest BCUT2D eigenvalue weighted by Gasteiger charge is -2.31. The smallest absolute Gasteiger partial charge is 0.108 e. The average Bonchev–Trinajstić information content (AvgIpc) is 2.42. The molecule has 2 radical (unpaired) electrons. The van der Waals surface area contributed by atoms with Crippen molar-refractivity contribution in [2.75, 3.05) is 0 Å². The summed E-state index contributed by atoms with van der Waals surface area (Å²) in [5.41, 5.74) is 12.1. The first-order chi connectivity index (χ1) is 9.73. The van der Waals surface area contributed by atoms with Crippen LogP contribution in [0.4, 0.5) is 0 Å². The van der Waals surface area contributed by atoms with E-state index in [-0.39, 0.29) is 0 Å². The van der Waals surface area contributed by atoms with Gasteiger partial charge in [0.2, 0.25) is 0 Å². The number of hydrogen-bond donors (Lipinski definition) is 0. The van der Waals surface area contributed by atoms with Gasteiger partial charge in [0, 0.05) is 0 Å². The van der Waals surface area contributed by atoms with E-state index in [1.807, 2.05) is 0 Å². The second kappa shape index (κ2) is 6.07. The lowest BCUT2D eigenvalue weighted by molar-refractivity contribution is 0.931. The highest BCUT2D eigenvalue weighted by Crippen LogP contribution is 2.41. The minimum absolute atomic E-state index is 0.572. The van der Waals surface area contributed by atoms with Crippen LogP contribution in [-0.2, 0) is 0 Å². The van der Waals surface area contributed by atoms with Gasteiger partial charge in [0.1, 0.15) is 0 Å². The predicted molar refractivity (Wildman–Crippen MR) is 97.1 cm³/mol. The molecule has 0 aliphatic carbocycles. The number of allylic oxidation sites excluding steroid dienone is 8. The molecule has 2 aliphatic heterocycles. The van der Waals surface area contributed by atoms with Crippen molar-refractivity contribution in [3.8, 4) is 0 Å². The Labute approximate surface area is 133 Å². The van der Waals surface area contributed by atoms with Crippen LogP contribution in [0.15, 0.2) is 44.4 Å². The van der Waals surface area contributed by atoms with Crippen molar-refractivity contribution >= 4 is 14.6 Å². The zero-order chi connectivity index (χ0) is 15.9. The van der Waals surface area contributed by atoms with Crippen LogP contribution < -0.4 is 0 Å². The Morgan fingerprint density at radius 1 is 0.667 bits per heavy atom. The number of rotatable bonds is 2. The van der Waals surface area contributed by atoms with Gasteiger partial charge >= 0.3 is 0 Å². The summed E-state index contributed by atoms with van der Waals surface area (Å²) in [6.45, 7) is 18.3.